The maximum absolute atomic E-state index is 12.0. The lowest BCUT2D eigenvalue weighted by Crippen LogP contribution is -2.38. The highest BCUT2D eigenvalue weighted by molar-refractivity contribution is 5.76. The minimum atomic E-state index is -0.721. The maximum atomic E-state index is 12.0. The Labute approximate surface area is 121 Å². The van der Waals surface area contributed by atoms with E-state index in [1.165, 1.54) is 0 Å². The first kappa shape index (κ1) is 17.0. The van der Waals surface area contributed by atoms with Crippen molar-refractivity contribution in [2.45, 2.75) is 57.8 Å². The highest BCUT2D eigenvalue weighted by Gasteiger charge is 2.22. The lowest BCUT2D eigenvalue weighted by Gasteiger charge is -2.32. The van der Waals surface area contributed by atoms with Crippen LogP contribution in [0, 0.1) is 5.92 Å². The number of hydrogen-bond acceptors (Lipinski definition) is 3. The summed E-state index contributed by atoms with van der Waals surface area (Å²) in [5.41, 5.74) is 5.43. The topological polar surface area (TPSA) is 83.6 Å². The van der Waals surface area contributed by atoms with Crippen molar-refractivity contribution in [2.24, 2.45) is 11.7 Å². The van der Waals surface area contributed by atoms with Gasteiger partial charge in [0.15, 0.2) is 0 Å². The number of piperidine rings is 1. The second-order valence-electron chi connectivity index (χ2n) is 5.71. The molecule has 0 aromatic rings. The molecule has 1 rings (SSSR count). The first-order valence-corrected chi connectivity index (χ1v) is 7.83. The minimum absolute atomic E-state index is 0.250. The fourth-order valence-corrected chi connectivity index (χ4v) is 2.73. The third-order valence-electron chi connectivity index (χ3n) is 4.08. The van der Waals surface area contributed by atoms with Crippen LogP contribution in [0.25, 0.3) is 0 Å². The molecule has 116 valence electrons. The van der Waals surface area contributed by atoms with E-state index in [1.807, 2.05) is 4.90 Å². The molecule has 20 heavy (non-hydrogen) atoms. The van der Waals surface area contributed by atoms with Crippen molar-refractivity contribution in [3.63, 3.8) is 0 Å². The summed E-state index contributed by atoms with van der Waals surface area (Å²) in [5, 5.41) is 8.67. The zero-order valence-electron chi connectivity index (χ0n) is 12.4. The Balaban J connectivity index is 2.11. The Morgan fingerprint density at radius 2 is 1.70 bits per heavy atom. The molecular weight excluding hydrogens is 256 g/mol. The molecule has 0 spiro atoms. The van der Waals surface area contributed by atoms with E-state index in [2.05, 4.69) is 0 Å². The summed E-state index contributed by atoms with van der Waals surface area (Å²) < 4.78 is 0. The lowest BCUT2D eigenvalue weighted by atomic mass is 9.92. The molecule has 0 aromatic carbocycles. The number of amides is 1. The smallest absolute Gasteiger partial charge is 0.303 e. The van der Waals surface area contributed by atoms with Gasteiger partial charge >= 0.3 is 5.97 Å². The van der Waals surface area contributed by atoms with E-state index in [0.717, 1.165) is 64.6 Å². The monoisotopic (exact) mass is 284 g/mol. The van der Waals surface area contributed by atoms with E-state index in [4.69, 9.17) is 10.8 Å². The van der Waals surface area contributed by atoms with Crippen molar-refractivity contribution < 1.29 is 14.7 Å². The Kier molecular flexibility index (Phi) is 8.26. The summed E-state index contributed by atoms with van der Waals surface area (Å²) in [6.07, 6.45) is 7.74. The van der Waals surface area contributed by atoms with Crippen molar-refractivity contribution in [3.05, 3.63) is 0 Å². The summed E-state index contributed by atoms with van der Waals surface area (Å²) in [6, 6.07) is 0. The van der Waals surface area contributed by atoms with E-state index >= 15 is 0 Å². The normalized spacial score (nSPS) is 16.4. The maximum Gasteiger partial charge on any atom is 0.303 e. The molecule has 1 fully saturated rings. The number of likely N-dealkylation sites (tertiary alicyclic amines) is 1. The van der Waals surface area contributed by atoms with E-state index < -0.39 is 5.97 Å². The number of rotatable bonds is 9. The molecule has 1 heterocycles. The predicted molar refractivity (Wildman–Crippen MR) is 78.3 cm³/mol. The molecule has 0 aliphatic carbocycles. The van der Waals surface area contributed by atoms with Gasteiger partial charge in [0.05, 0.1) is 0 Å². The van der Waals surface area contributed by atoms with Crippen LogP contribution in [-0.2, 0) is 9.59 Å². The first-order chi connectivity index (χ1) is 9.63. The quantitative estimate of drug-likeness (QED) is 0.634. The third-order valence-corrected chi connectivity index (χ3v) is 4.08. The Hall–Kier alpha value is -1.10. The van der Waals surface area contributed by atoms with Crippen molar-refractivity contribution in [1.82, 2.24) is 4.90 Å². The molecule has 1 amide bonds. The molecule has 0 radical (unpaired) electrons. The number of carbonyl (C=O) groups is 2. The zero-order chi connectivity index (χ0) is 14.8. The molecule has 5 heteroatoms. The second-order valence-corrected chi connectivity index (χ2v) is 5.71. The van der Waals surface area contributed by atoms with E-state index in [1.54, 1.807) is 0 Å². The standard InChI is InChI=1S/C15H28N2O3/c16-10-4-2-1-3-5-14(18)17-11-8-13(9-12-17)6-7-15(19)20/h13H,1-12,16H2,(H,19,20). The Bertz CT molecular complexity index is 299. The fraction of sp³-hybridized carbons (Fsp3) is 0.867. The largest absolute Gasteiger partial charge is 0.481 e. The van der Waals surface area contributed by atoms with Crippen LogP contribution in [0.2, 0.25) is 0 Å². The molecule has 0 atom stereocenters. The van der Waals surface area contributed by atoms with Crippen molar-refractivity contribution in [1.29, 1.82) is 0 Å². The lowest BCUT2D eigenvalue weighted by molar-refractivity contribution is -0.138. The van der Waals surface area contributed by atoms with Crippen LogP contribution in [0.4, 0.5) is 0 Å². The van der Waals surface area contributed by atoms with Gasteiger partial charge in [-0.1, -0.05) is 12.8 Å². The van der Waals surface area contributed by atoms with Gasteiger partial charge in [0, 0.05) is 25.9 Å². The van der Waals surface area contributed by atoms with Gasteiger partial charge < -0.3 is 15.7 Å². The van der Waals surface area contributed by atoms with Crippen LogP contribution in [-0.4, -0.2) is 41.5 Å². The van der Waals surface area contributed by atoms with E-state index in [0.29, 0.717) is 12.3 Å². The second kappa shape index (κ2) is 9.75. The van der Waals surface area contributed by atoms with Gasteiger partial charge in [-0.3, -0.25) is 9.59 Å². The van der Waals surface area contributed by atoms with Crippen LogP contribution < -0.4 is 5.73 Å². The van der Waals surface area contributed by atoms with Gasteiger partial charge in [0.2, 0.25) is 5.91 Å². The zero-order valence-corrected chi connectivity index (χ0v) is 12.4. The molecule has 5 nitrogen and oxygen atoms in total. The highest BCUT2D eigenvalue weighted by Crippen LogP contribution is 2.22. The first-order valence-electron chi connectivity index (χ1n) is 7.83. The van der Waals surface area contributed by atoms with Crippen LogP contribution in [0.5, 0.6) is 0 Å². The minimum Gasteiger partial charge on any atom is -0.481 e. The average molecular weight is 284 g/mol. The van der Waals surface area contributed by atoms with Crippen molar-refractivity contribution in [2.75, 3.05) is 19.6 Å². The summed E-state index contributed by atoms with van der Waals surface area (Å²) in [5.74, 6) is 0.00937. The number of carbonyl (C=O) groups excluding carboxylic acids is 1. The molecule has 0 saturated carbocycles. The van der Waals surface area contributed by atoms with Crippen molar-refractivity contribution >= 4 is 11.9 Å². The number of unbranched alkanes of at least 4 members (excludes halogenated alkanes) is 3. The van der Waals surface area contributed by atoms with E-state index in [-0.39, 0.29) is 12.3 Å². The molecule has 0 aromatic heterocycles. The highest BCUT2D eigenvalue weighted by atomic mass is 16.4. The number of carboxylic acid groups (broad SMARTS) is 1. The Morgan fingerprint density at radius 1 is 1.05 bits per heavy atom. The SMILES string of the molecule is NCCCCCCC(=O)N1CCC(CCC(=O)O)CC1. The van der Waals surface area contributed by atoms with Crippen molar-refractivity contribution in [3.8, 4) is 0 Å². The molecule has 1 saturated heterocycles. The number of nitrogens with two attached hydrogens (primary N) is 1. The number of hydrogen-bond donors (Lipinski definition) is 2. The number of carboxylic acids is 1. The summed E-state index contributed by atoms with van der Waals surface area (Å²) >= 11 is 0. The summed E-state index contributed by atoms with van der Waals surface area (Å²) in [7, 11) is 0. The van der Waals surface area contributed by atoms with Gasteiger partial charge in [-0.2, -0.15) is 0 Å². The number of nitrogens with zero attached hydrogens (tertiary/aromatic N) is 1. The fourth-order valence-electron chi connectivity index (χ4n) is 2.73. The van der Waals surface area contributed by atoms with Gasteiger partial charge in [0.1, 0.15) is 0 Å². The van der Waals surface area contributed by atoms with Crippen LogP contribution in [0.15, 0.2) is 0 Å². The van der Waals surface area contributed by atoms with Gasteiger partial charge in [-0.25, -0.2) is 0 Å². The van der Waals surface area contributed by atoms with Gasteiger partial charge in [-0.05, 0) is 44.6 Å². The summed E-state index contributed by atoms with van der Waals surface area (Å²) in [4.78, 5) is 24.5. The van der Waals surface area contributed by atoms with E-state index in [9.17, 15) is 9.59 Å². The van der Waals surface area contributed by atoms with Gasteiger partial charge in [-0.15, -0.1) is 0 Å². The number of aliphatic carboxylic acids is 1. The van der Waals surface area contributed by atoms with Crippen LogP contribution in [0.3, 0.4) is 0 Å². The molecule has 3 N–H and O–H groups in total. The molecule has 1 aliphatic heterocycles. The third kappa shape index (κ3) is 6.89. The van der Waals surface area contributed by atoms with Crippen LogP contribution in [0.1, 0.15) is 57.8 Å². The predicted octanol–water partition coefficient (Wildman–Crippen LogP) is 2.00. The average Bonchev–Trinajstić information content (AvgIpc) is 2.45. The molecular formula is C15H28N2O3. The molecule has 0 bridgehead atoms. The summed E-state index contributed by atoms with van der Waals surface area (Å²) in [6.45, 7) is 2.33. The Morgan fingerprint density at radius 3 is 2.30 bits per heavy atom. The van der Waals surface area contributed by atoms with Crippen LogP contribution >= 0.6 is 0 Å². The molecule has 1 aliphatic rings. The van der Waals surface area contributed by atoms with Gasteiger partial charge in [0.25, 0.3) is 0 Å². The molecule has 0 unspecified atom stereocenters.